The zero-order valence-electron chi connectivity index (χ0n) is 18.4. The quantitative estimate of drug-likeness (QED) is 0.242. The molecule has 0 saturated heterocycles. The molecule has 2 rings (SSSR count). The molecular weight excluding hydrogens is 378 g/mol. The van der Waals surface area contributed by atoms with E-state index in [2.05, 4.69) is 30.9 Å². The summed E-state index contributed by atoms with van der Waals surface area (Å²) in [4.78, 5) is 15.3. The summed E-state index contributed by atoms with van der Waals surface area (Å²) < 4.78 is 11.2. The number of allylic oxidation sites excluding steroid dienone is 1. The van der Waals surface area contributed by atoms with Gasteiger partial charge in [0.15, 0.2) is 5.76 Å². The van der Waals surface area contributed by atoms with E-state index in [-0.39, 0.29) is 24.8 Å². The number of ketones is 1. The fourth-order valence-electron chi connectivity index (χ4n) is 3.12. The third-order valence-corrected chi connectivity index (χ3v) is 4.77. The van der Waals surface area contributed by atoms with Crippen LogP contribution in [-0.4, -0.2) is 49.9 Å². The Morgan fingerprint density at radius 1 is 1.10 bits per heavy atom. The number of aliphatic hydroxyl groups excluding tert-OH is 1. The van der Waals surface area contributed by atoms with E-state index >= 15 is 0 Å². The van der Waals surface area contributed by atoms with Crippen molar-refractivity contribution in [2.45, 2.75) is 33.8 Å². The normalized spacial score (nSPS) is 12.5. The standard InChI is InChI=1S/C25H33NO4/c1-5-26(6-2)23-13-12-22(19(3)16-23)17-24(30-15-14-29-18-20(4)27)25(28)21-10-8-7-9-11-21/h7-13,16-17,20,27H,5-6,14-15,18H2,1-4H3. The molecule has 0 amide bonds. The molecule has 2 aromatic carbocycles. The number of hydrogen-bond donors (Lipinski definition) is 1. The molecule has 162 valence electrons. The Labute approximate surface area is 179 Å². The Morgan fingerprint density at radius 2 is 1.80 bits per heavy atom. The summed E-state index contributed by atoms with van der Waals surface area (Å²) in [6.07, 6.45) is 1.27. The maximum absolute atomic E-state index is 13.0. The average molecular weight is 412 g/mol. The highest BCUT2D eigenvalue weighted by Crippen LogP contribution is 2.22. The van der Waals surface area contributed by atoms with Crippen LogP contribution in [0.2, 0.25) is 0 Å². The molecule has 0 radical (unpaired) electrons. The molecule has 0 spiro atoms. The summed E-state index contributed by atoms with van der Waals surface area (Å²) in [6.45, 7) is 10.6. The molecule has 0 fully saturated rings. The van der Waals surface area contributed by atoms with Gasteiger partial charge in [-0.15, -0.1) is 0 Å². The number of carbonyl (C=O) groups is 1. The molecule has 1 N–H and O–H groups in total. The van der Waals surface area contributed by atoms with Crippen molar-refractivity contribution in [1.29, 1.82) is 0 Å². The van der Waals surface area contributed by atoms with Crippen LogP contribution < -0.4 is 4.90 Å². The van der Waals surface area contributed by atoms with Gasteiger partial charge < -0.3 is 19.5 Å². The zero-order valence-corrected chi connectivity index (χ0v) is 18.4. The van der Waals surface area contributed by atoms with Gasteiger partial charge in [-0.25, -0.2) is 0 Å². The average Bonchev–Trinajstić information content (AvgIpc) is 2.75. The van der Waals surface area contributed by atoms with E-state index in [1.165, 1.54) is 0 Å². The minimum absolute atomic E-state index is 0.168. The number of anilines is 1. The van der Waals surface area contributed by atoms with Gasteiger partial charge in [-0.2, -0.15) is 0 Å². The third-order valence-electron chi connectivity index (χ3n) is 4.77. The van der Waals surface area contributed by atoms with Crippen LogP contribution in [0.3, 0.4) is 0 Å². The Morgan fingerprint density at radius 3 is 2.40 bits per heavy atom. The summed E-state index contributed by atoms with van der Waals surface area (Å²) in [5, 5.41) is 9.29. The number of benzene rings is 2. The van der Waals surface area contributed by atoms with Crippen LogP contribution in [0.25, 0.3) is 6.08 Å². The first-order valence-electron chi connectivity index (χ1n) is 10.5. The Balaban J connectivity index is 2.24. The number of carbonyl (C=O) groups excluding carboxylic acids is 1. The van der Waals surface area contributed by atoms with E-state index in [4.69, 9.17) is 9.47 Å². The van der Waals surface area contributed by atoms with Gasteiger partial charge in [-0.05, 0) is 57.0 Å². The van der Waals surface area contributed by atoms with Crippen molar-refractivity contribution in [2.75, 3.05) is 37.8 Å². The fraction of sp³-hybridized carbons (Fsp3) is 0.400. The predicted molar refractivity (Wildman–Crippen MR) is 122 cm³/mol. The molecule has 0 bridgehead atoms. The molecule has 0 aliphatic rings. The number of rotatable bonds is 12. The molecule has 2 aromatic rings. The number of nitrogens with zero attached hydrogens (tertiary/aromatic N) is 1. The Bertz CT molecular complexity index is 826. The highest BCUT2D eigenvalue weighted by atomic mass is 16.5. The lowest BCUT2D eigenvalue weighted by atomic mass is 10.0. The Kier molecular flexibility index (Phi) is 9.58. The first-order valence-corrected chi connectivity index (χ1v) is 10.5. The van der Waals surface area contributed by atoms with Crippen molar-refractivity contribution in [2.24, 2.45) is 0 Å². The van der Waals surface area contributed by atoms with Crippen LogP contribution in [-0.2, 0) is 9.47 Å². The second kappa shape index (κ2) is 12.2. The SMILES string of the molecule is CCN(CC)c1ccc(C=C(OCCOCC(C)O)C(=O)c2ccccc2)c(C)c1. The van der Waals surface area contributed by atoms with E-state index in [0.717, 1.165) is 29.9 Å². The number of aryl methyl sites for hydroxylation is 1. The van der Waals surface area contributed by atoms with Crippen molar-refractivity contribution in [3.63, 3.8) is 0 Å². The minimum Gasteiger partial charge on any atom is -0.487 e. The lowest BCUT2D eigenvalue weighted by Crippen LogP contribution is -2.21. The lowest BCUT2D eigenvalue weighted by Gasteiger charge is -2.22. The predicted octanol–water partition coefficient (Wildman–Crippen LogP) is 4.48. The minimum atomic E-state index is -0.530. The monoisotopic (exact) mass is 411 g/mol. The third kappa shape index (κ3) is 7.01. The number of Topliss-reactive ketones (excluding diaryl/α,β-unsaturated/α-hetero) is 1. The van der Waals surface area contributed by atoms with Gasteiger partial charge in [0.2, 0.25) is 5.78 Å². The number of aliphatic hydroxyl groups is 1. The van der Waals surface area contributed by atoms with Crippen LogP contribution in [0.1, 0.15) is 42.3 Å². The molecule has 30 heavy (non-hydrogen) atoms. The Hall–Kier alpha value is -2.63. The maximum Gasteiger partial charge on any atom is 0.227 e. The zero-order chi connectivity index (χ0) is 21.9. The molecular formula is C25H33NO4. The van der Waals surface area contributed by atoms with Crippen LogP contribution in [0.15, 0.2) is 54.3 Å². The smallest absolute Gasteiger partial charge is 0.227 e. The van der Waals surface area contributed by atoms with Crippen molar-refractivity contribution < 1.29 is 19.4 Å². The van der Waals surface area contributed by atoms with Gasteiger partial charge in [0.1, 0.15) is 6.61 Å². The summed E-state index contributed by atoms with van der Waals surface area (Å²) >= 11 is 0. The molecule has 0 aromatic heterocycles. The van der Waals surface area contributed by atoms with E-state index in [9.17, 15) is 9.90 Å². The van der Waals surface area contributed by atoms with Crippen molar-refractivity contribution in [1.82, 2.24) is 0 Å². The number of ether oxygens (including phenoxy) is 2. The van der Waals surface area contributed by atoms with Gasteiger partial charge in [-0.1, -0.05) is 36.4 Å². The van der Waals surface area contributed by atoms with Crippen molar-refractivity contribution >= 4 is 17.5 Å². The highest BCUT2D eigenvalue weighted by Gasteiger charge is 2.15. The molecule has 0 saturated carbocycles. The second-order valence-electron chi connectivity index (χ2n) is 7.19. The number of hydrogen-bond acceptors (Lipinski definition) is 5. The first kappa shape index (κ1) is 23.6. The summed E-state index contributed by atoms with van der Waals surface area (Å²) in [5.41, 5.74) is 3.76. The van der Waals surface area contributed by atoms with Gasteiger partial charge in [0, 0.05) is 24.3 Å². The largest absolute Gasteiger partial charge is 0.487 e. The molecule has 0 heterocycles. The van der Waals surface area contributed by atoms with Crippen LogP contribution in [0, 0.1) is 6.92 Å². The van der Waals surface area contributed by atoms with E-state index in [1.54, 1.807) is 25.1 Å². The molecule has 5 nitrogen and oxygen atoms in total. The van der Waals surface area contributed by atoms with Crippen LogP contribution >= 0.6 is 0 Å². The summed E-state index contributed by atoms with van der Waals surface area (Å²) in [6, 6.07) is 15.3. The first-order chi connectivity index (χ1) is 14.5. The maximum atomic E-state index is 13.0. The molecule has 1 unspecified atom stereocenters. The molecule has 0 aliphatic heterocycles. The van der Waals surface area contributed by atoms with Gasteiger partial charge in [0.25, 0.3) is 0 Å². The van der Waals surface area contributed by atoms with E-state index < -0.39 is 6.10 Å². The van der Waals surface area contributed by atoms with Crippen molar-refractivity contribution in [3.8, 4) is 0 Å². The molecule has 0 aliphatic carbocycles. The summed E-state index contributed by atoms with van der Waals surface area (Å²) in [7, 11) is 0. The van der Waals surface area contributed by atoms with E-state index in [1.807, 2.05) is 31.2 Å². The van der Waals surface area contributed by atoms with Crippen LogP contribution in [0.4, 0.5) is 5.69 Å². The van der Waals surface area contributed by atoms with E-state index in [0.29, 0.717) is 12.2 Å². The van der Waals surface area contributed by atoms with Gasteiger partial charge >= 0.3 is 0 Å². The molecule has 1 atom stereocenters. The summed E-state index contributed by atoms with van der Waals surface area (Å²) in [5.74, 6) is 0.110. The highest BCUT2D eigenvalue weighted by molar-refractivity contribution is 6.09. The van der Waals surface area contributed by atoms with Crippen LogP contribution in [0.5, 0.6) is 0 Å². The second-order valence-corrected chi connectivity index (χ2v) is 7.19. The van der Waals surface area contributed by atoms with Crippen molar-refractivity contribution in [3.05, 3.63) is 71.0 Å². The fourth-order valence-corrected chi connectivity index (χ4v) is 3.12. The van der Waals surface area contributed by atoms with Gasteiger partial charge in [0.05, 0.1) is 19.3 Å². The lowest BCUT2D eigenvalue weighted by molar-refractivity contribution is 0.0224. The topological polar surface area (TPSA) is 59.0 Å². The molecule has 5 heteroatoms. The van der Waals surface area contributed by atoms with Gasteiger partial charge in [-0.3, -0.25) is 4.79 Å².